The Balaban J connectivity index is 1.42. The van der Waals surface area contributed by atoms with Gasteiger partial charge in [-0.3, -0.25) is 0 Å². The second kappa shape index (κ2) is 8.54. The van der Waals surface area contributed by atoms with E-state index in [4.69, 9.17) is 4.74 Å². The number of hydrogen-bond acceptors (Lipinski definition) is 5. The first kappa shape index (κ1) is 18.0. The zero-order valence-corrected chi connectivity index (χ0v) is 16.4. The van der Waals surface area contributed by atoms with E-state index >= 15 is 0 Å². The molecule has 0 bridgehead atoms. The molecule has 0 aliphatic heterocycles. The predicted molar refractivity (Wildman–Crippen MR) is 116 cm³/mol. The number of nitrogens with one attached hydrogen (secondary N) is 2. The van der Waals surface area contributed by atoms with Gasteiger partial charge in [0.1, 0.15) is 17.3 Å². The summed E-state index contributed by atoms with van der Waals surface area (Å²) in [6.45, 7) is 0. The van der Waals surface area contributed by atoms with Crippen LogP contribution in [0.4, 0.5) is 23.1 Å². The van der Waals surface area contributed by atoms with E-state index in [0.29, 0.717) is 11.8 Å². The summed E-state index contributed by atoms with van der Waals surface area (Å²) in [6, 6.07) is 27.1. The molecule has 3 aromatic carbocycles. The summed E-state index contributed by atoms with van der Waals surface area (Å²) in [5.41, 5.74) is 1.82. The number of anilines is 4. The van der Waals surface area contributed by atoms with E-state index in [1.165, 1.54) is 0 Å². The number of benzene rings is 3. The van der Waals surface area contributed by atoms with Crippen LogP contribution in [0, 0.1) is 0 Å². The van der Waals surface area contributed by atoms with Crippen molar-refractivity contribution in [1.82, 2.24) is 9.97 Å². The first-order chi connectivity index (χ1) is 13.7. The molecule has 0 saturated heterocycles. The van der Waals surface area contributed by atoms with Crippen molar-refractivity contribution in [2.75, 3.05) is 10.6 Å². The number of ether oxygens (including phenoxy) is 1. The van der Waals surface area contributed by atoms with Crippen molar-refractivity contribution in [2.24, 2.45) is 0 Å². The van der Waals surface area contributed by atoms with Crippen molar-refractivity contribution in [3.8, 4) is 11.5 Å². The second-order valence-electron chi connectivity index (χ2n) is 5.97. The average Bonchev–Trinajstić information content (AvgIpc) is 2.71. The maximum atomic E-state index is 5.81. The van der Waals surface area contributed by atoms with Crippen molar-refractivity contribution >= 4 is 39.1 Å². The van der Waals surface area contributed by atoms with Gasteiger partial charge in [-0.1, -0.05) is 40.2 Å². The van der Waals surface area contributed by atoms with Crippen LogP contribution in [0.3, 0.4) is 0 Å². The van der Waals surface area contributed by atoms with E-state index in [2.05, 4.69) is 36.5 Å². The lowest BCUT2D eigenvalue weighted by molar-refractivity contribution is 0.483. The number of para-hydroxylation sites is 1. The Bertz CT molecular complexity index is 1060. The Kier molecular flexibility index (Phi) is 5.49. The van der Waals surface area contributed by atoms with E-state index in [1.54, 1.807) is 6.20 Å². The first-order valence-corrected chi connectivity index (χ1v) is 9.49. The van der Waals surface area contributed by atoms with Crippen LogP contribution in [0.5, 0.6) is 11.5 Å². The highest BCUT2D eigenvalue weighted by Crippen LogP contribution is 2.24. The number of halogens is 1. The second-order valence-corrected chi connectivity index (χ2v) is 6.88. The molecular weight excluding hydrogens is 416 g/mol. The molecule has 0 spiro atoms. The van der Waals surface area contributed by atoms with Gasteiger partial charge in [-0.25, -0.2) is 4.98 Å². The highest BCUT2D eigenvalue weighted by Gasteiger charge is 2.03. The smallest absolute Gasteiger partial charge is 0.229 e. The van der Waals surface area contributed by atoms with E-state index < -0.39 is 0 Å². The van der Waals surface area contributed by atoms with Gasteiger partial charge in [0.05, 0.1) is 0 Å². The van der Waals surface area contributed by atoms with Crippen molar-refractivity contribution in [3.05, 3.63) is 95.6 Å². The zero-order chi connectivity index (χ0) is 19.2. The third kappa shape index (κ3) is 4.86. The molecule has 0 fully saturated rings. The molecule has 1 heterocycles. The minimum Gasteiger partial charge on any atom is -0.457 e. The van der Waals surface area contributed by atoms with Gasteiger partial charge in [0.2, 0.25) is 5.95 Å². The molecule has 6 heteroatoms. The van der Waals surface area contributed by atoms with Crippen LogP contribution in [-0.4, -0.2) is 9.97 Å². The molecule has 0 radical (unpaired) electrons. The van der Waals surface area contributed by atoms with Crippen molar-refractivity contribution < 1.29 is 4.74 Å². The number of nitrogens with zero attached hydrogens (tertiary/aromatic N) is 2. The Morgan fingerprint density at radius 1 is 0.714 bits per heavy atom. The van der Waals surface area contributed by atoms with Crippen LogP contribution >= 0.6 is 15.9 Å². The Hall–Kier alpha value is -3.38. The maximum absolute atomic E-state index is 5.81. The average molecular weight is 433 g/mol. The van der Waals surface area contributed by atoms with E-state index in [1.807, 2.05) is 84.9 Å². The minimum absolute atomic E-state index is 0.520. The summed E-state index contributed by atoms with van der Waals surface area (Å²) in [6.07, 6.45) is 1.71. The van der Waals surface area contributed by atoms with Crippen LogP contribution in [0.2, 0.25) is 0 Å². The van der Waals surface area contributed by atoms with Crippen molar-refractivity contribution in [3.63, 3.8) is 0 Å². The van der Waals surface area contributed by atoms with Gasteiger partial charge < -0.3 is 15.4 Å². The summed E-state index contributed by atoms with van der Waals surface area (Å²) in [5.74, 6) is 2.80. The molecular formula is C22H17BrN4O. The number of hydrogen-bond donors (Lipinski definition) is 2. The molecule has 0 unspecified atom stereocenters. The van der Waals surface area contributed by atoms with Crippen LogP contribution in [0.15, 0.2) is 95.6 Å². The normalized spacial score (nSPS) is 10.3. The fourth-order valence-electron chi connectivity index (χ4n) is 2.56. The third-order valence-electron chi connectivity index (χ3n) is 3.84. The van der Waals surface area contributed by atoms with E-state index in [9.17, 15) is 0 Å². The SMILES string of the molecule is Brc1cccc(Nc2nccc(Nc3ccc(Oc4ccccc4)cc3)n2)c1. The molecule has 0 aliphatic rings. The Morgan fingerprint density at radius 2 is 1.50 bits per heavy atom. The van der Waals surface area contributed by atoms with E-state index in [-0.39, 0.29) is 0 Å². The highest BCUT2D eigenvalue weighted by atomic mass is 79.9. The van der Waals surface area contributed by atoms with Gasteiger partial charge in [0.15, 0.2) is 0 Å². The summed E-state index contributed by atoms with van der Waals surface area (Å²) in [5, 5.41) is 6.47. The summed E-state index contributed by atoms with van der Waals surface area (Å²) in [4.78, 5) is 8.77. The lowest BCUT2D eigenvalue weighted by atomic mass is 10.3. The molecule has 4 aromatic rings. The molecule has 0 saturated carbocycles. The monoisotopic (exact) mass is 432 g/mol. The summed E-state index contributed by atoms with van der Waals surface area (Å²) >= 11 is 3.46. The van der Waals surface area contributed by atoms with Crippen molar-refractivity contribution in [1.29, 1.82) is 0 Å². The Labute approximate surface area is 171 Å². The first-order valence-electron chi connectivity index (χ1n) is 8.70. The van der Waals surface area contributed by atoms with Gasteiger partial charge in [-0.05, 0) is 60.7 Å². The van der Waals surface area contributed by atoms with E-state index in [0.717, 1.165) is 27.3 Å². The molecule has 5 nitrogen and oxygen atoms in total. The van der Waals surface area contributed by atoms with Crippen molar-refractivity contribution in [2.45, 2.75) is 0 Å². The molecule has 0 atom stereocenters. The number of aromatic nitrogens is 2. The third-order valence-corrected chi connectivity index (χ3v) is 4.34. The molecule has 4 rings (SSSR count). The standard InChI is InChI=1S/C22H17BrN4O/c23-16-5-4-6-18(15-16)26-22-24-14-13-21(27-22)25-17-9-11-20(12-10-17)28-19-7-2-1-3-8-19/h1-15H,(H2,24,25,26,27). The van der Waals surface area contributed by atoms with Gasteiger partial charge >= 0.3 is 0 Å². The number of rotatable bonds is 6. The molecule has 138 valence electrons. The molecule has 2 N–H and O–H groups in total. The lowest BCUT2D eigenvalue weighted by Crippen LogP contribution is -2.00. The van der Waals surface area contributed by atoms with Gasteiger partial charge in [-0.15, -0.1) is 0 Å². The predicted octanol–water partition coefficient (Wildman–Crippen LogP) is 6.52. The van der Waals surface area contributed by atoms with Crippen LogP contribution in [0.1, 0.15) is 0 Å². The molecule has 1 aromatic heterocycles. The Morgan fingerprint density at radius 3 is 2.29 bits per heavy atom. The summed E-state index contributed by atoms with van der Waals surface area (Å²) in [7, 11) is 0. The largest absolute Gasteiger partial charge is 0.457 e. The molecule has 0 aliphatic carbocycles. The highest BCUT2D eigenvalue weighted by molar-refractivity contribution is 9.10. The van der Waals surface area contributed by atoms with Gasteiger partial charge in [0.25, 0.3) is 0 Å². The van der Waals surface area contributed by atoms with Crippen LogP contribution in [-0.2, 0) is 0 Å². The summed E-state index contributed by atoms with van der Waals surface area (Å²) < 4.78 is 6.80. The quantitative estimate of drug-likeness (QED) is 0.363. The molecule has 28 heavy (non-hydrogen) atoms. The van der Waals surface area contributed by atoms with Gasteiger partial charge in [-0.2, -0.15) is 4.98 Å². The fourth-order valence-corrected chi connectivity index (χ4v) is 2.96. The zero-order valence-electron chi connectivity index (χ0n) is 14.8. The topological polar surface area (TPSA) is 59.1 Å². The van der Waals surface area contributed by atoms with Crippen LogP contribution < -0.4 is 15.4 Å². The van der Waals surface area contributed by atoms with Crippen LogP contribution in [0.25, 0.3) is 0 Å². The fraction of sp³-hybridized carbons (Fsp3) is 0. The molecule has 0 amide bonds. The minimum atomic E-state index is 0.520. The lowest BCUT2D eigenvalue weighted by Gasteiger charge is -2.10. The van der Waals surface area contributed by atoms with Gasteiger partial charge in [0, 0.05) is 22.0 Å². The maximum Gasteiger partial charge on any atom is 0.229 e.